The summed E-state index contributed by atoms with van der Waals surface area (Å²) in [5.41, 5.74) is 1.72. The van der Waals surface area contributed by atoms with Gasteiger partial charge in [0, 0.05) is 17.6 Å². The lowest BCUT2D eigenvalue weighted by Gasteiger charge is -2.28. The van der Waals surface area contributed by atoms with Gasteiger partial charge in [-0.3, -0.25) is 4.79 Å². The van der Waals surface area contributed by atoms with Gasteiger partial charge in [0.1, 0.15) is 5.76 Å². The summed E-state index contributed by atoms with van der Waals surface area (Å²) >= 11 is 0. The quantitative estimate of drug-likeness (QED) is 0.884. The van der Waals surface area contributed by atoms with Crippen molar-refractivity contribution >= 4 is 18.3 Å². The van der Waals surface area contributed by atoms with Crippen molar-refractivity contribution in [1.29, 1.82) is 0 Å². The molecular weight excluding hydrogens is 266 g/mol. The molecule has 6 heteroatoms. The van der Waals surface area contributed by atoms with Gasteiger partial charge in [-0.1, -0.05) is 5.16 Å². The van der Waals surface area contributed by atoms with E-state index in [4.69, 9.17) is 4.52 Å². The zero-order valence-electron chi connectivity index (χ0n) is 11.7. The summed E-state index contributed by atoms with van der Waals surface area (Å²) in [6.45, 7) is 6.82. The van der Waals surface area contributed by atoms with Crippen molar-refractivity contribution in [2.24, 2.45) is 0 Å². The third kappa shape index (κ3) is 4.21. The van der Waals surface area contributed by atoms with Crippen molar-refractivity contribution in [3.05, 3.63) is 17.0 Å². The molecular formula is C13H22ClN3O2. The summed E-state index contributed by atoms with van der Waals surface area (Å²) in [6.07, 6.45) is 2.35. The molecule has 1 fully saturated rings. The Bertz CT molecular complexity index is 414. The number of nitrogens with one attached hydrogen (secondary N) is 2. The number of amides is 1. The average Bonchev–Trinajstić information content (AvgIpc) is 2.61. The lowest BCUT2D eigenvalue weighted by molar-refractivity contribution is -0.121. The van der Waals surface area contributed by atoms with Gasteiger partial charge in [-0.15, -0.1) is 12.4 Å². The van der Waals surface area contributed by atoms with Crippen LogP contribution in [0.25, 0.3) is 0 Å². The molecule has 1 aromatic rings. The zero-order valence-corrected chi connectivity index (χ0v) is 12.5. The van der Waals surface area contributed by atoms with E-state index in [1.165, 1.54) is 0 Å². The number of nitrogens with zero attached hydrogens (tertiary/aromatic N) is 1. The largest absolute Gasteiger partial charge is 0.361 e. The highest BCUT2D eigenvalue weighted by molar-refractivity contribution is 5.85. The molecule has 2 atom stereocenters. The molecule has 0 aliphatic carbocycles. The van der Waals surface area contributed by atoms with Crippen LogP contribution >= 0.6 is 12.4 Å². The first-order valence-electron chi connectivity index (χ1n) is 6.50. The number of carbonyl (C=O) groups is 1. The molecule has 2 heterocycles. The second-order valence-corrected chi connectivity index (χ2v) is 5.12. The maximum Gasteiger partial charge on any atom is 0.224 e. The molecule has 0 radical (unpaired) electrons. The molecule has 1 aliphatic heterocycles. The normalized spacial score (nSPS) is 22.7. The third-order valence-corrected chi connectivity index (χ3v) is 3.51. The molecule has 19 heavy (non-hydrogen) atoms. The van der Waals surface area contributed by atoms with Gasteiger partial charge in [-0.05, 0) is 40.2 Å². The topological polar surface area (TPSA) is 67.2 Å². The molecule has 1 amide bonds. The molecule has 1 aliphatic rings. The van der Waals surface area contributed by atoms with E-state index >= 15 is 0 Å². The summed E-state index contributed by atoms with van der Waals surface area (Å²) in [7, 11) is 0. The van der Waals surface area contributed by atoms with Crippen molar-refractivity contribution < 1.29 is 9.32 Å². The summed E-state index contributed by atoms with van der Waals surface area (Å²) < 4.78 is 5.06. The monoisotopic (exact) mass is 287 g/mol. The lowest BCUT2D eigenvalue weighted by Crippen LogP contribution is -2.47. The summed E-state index contributed by atoms with van der Waals surface area (Å²) in [5.74, 6) is 0.796. The zero-order chi connectivity index (χ0) is 13.1. The van der Waals surface area contributed by atoms with E-state index in [0.717, 1.165) is 36.4 Å². The fraction of sp³-hybridized carbons (Fsp3) is 0.692. The van der Waals surface area contributed by atoms with Gasteiger partial charge in [0.15, 0.2) is 0 Å². The Morgan fingerprint density at radius 2 is 2.26 bits per heavy atom. The van der Waals surface area contributed by atoms with Gasteiger partial charge in [-0.25, -0.2) is 0 Å². The molecule has 0 saturated carbocycles. The van der Waals surface area contributed by atoms with E-state index in [-0.39, 0.29) is 24.4 Å². The van der Waals surface area contributed by atoms with Gasteiger partial charge in [0.25, 0.3) is 0 Å². The molecule has 0 spiro atoms. The van der Waals surface area contributed by atoms with Crippen LogP contribution in [-0.2, 0) is 11.2 Å². The molecule has 0 bridgehead atoms. The molecule has 108 valence electrons. The minimum Gasteiger partial charge on any atom is -0.361 e. The maximum atomic E-state index is 12.0. The van der Waals surface area contributed by atoms with Crippen LogP contribution in [0.15, 0.2) is 4.52 Å². The molecule has 2 rings (SSSR count). The van der Waals surface area contributed by atoms with Gasteiger partial charge in [-0.2, -0.15) is 0 Å². The van der Waals surface area contributed by atoms with E-state index in [2.05, 4.69) is 22.7 Å². The maximum absolute atomic E-state index is 12.0. The first-order valence-corrected chi connectivity index (χ1v) is 6.50. The molecule has 2 N–H and O–H groups in total. The molecule has 0 aromatic carbocycles. The molecule has 1 aromatic heterocycles. The average molecular weight is 288 g/mol. The highest BCUT2D eigenvalue weighted by Crippen LogP contribution is 2.14. The minimum atomic E-state index is 0. The van der Waals surface area contributed by atoms with E-state index in [1.54, 1.807) is 0 Å². The number of piperidine rings is 1. The SMILES string of the molecule is Cc1noc(C)c1CC(=O)NC1CCNC(C)C1.Cl. The van der Waals surface area contributed by atoms with Crippen LogP contribution in [0.4, 0.5) is 0 Å². The van der Waals surface area contributed by atoms with Crippen molar-refractivity contribution in [1.82, 2.24) is 15.8 Å². The van der Waals surface area contributed by atoms with Crippen LogP contribution in [0.3, 0.4) is 0 Å². The van der Waals surface area contributed by atoms with Crippen LogP contribution in [0.2, 0.25) is 0 Å². The smallest absolute Gasteiger partial charge is 0.224 e. The number of hydrogen-bond acceptors (Lipinski definition) is 4. The van der Waals surface area contributed by atoms with Crippen molar-refractivity contribution in [3.63, 3.8) is 0 Å². The Balaban J connectivity index is 0.00000180. The Morgan fingerprint density at radius 1 is 1.53 bits per heavy atom. The van der Waals surface area contributed by atoms with Gasteiger partial charge < -0.3 is 15.2 Å². The third-order valence-electron chi connectivity index (χ3n) is 3.51. The second kappa shape index (κ2) is 6.91. The Morgan fingerprint density at radius 3 is 2.84 bits per heavy atom. The first-order chi connectivity index (χ1) is 8.56. The number of rotatable bonds is 3. The van der Waals surface area contributed by atoms with Crippen molar-refractivity contribution in [2.45, 2.75) is 52.1 Å². The Labute approximate surface area is 119 Å². The van der Waals surface area contributed by atoms with Gasteiger partial charge in [0.2, 0.25) is 5.91 Å². The number of aryl methyl sites for hydroxylation is 2. The molecule has 2 unspecified atom stereocenters. The van der Waals surface area contributed by atoms with Crippen molar-refractivity contribution in [3.8, 4) is 0 Å². The number of aromatic nitrogens is 1. The number of halogens is 1. The first kappa shape index (κ1) is 16.0. The minimum absolute atomic E-state index is 0. The van der Waals surface area contributed by atoms with Crippen LogP contribution in [-0.4, -0.2) is 29.7 Å². The summed E-state index contributed by atoms with van der Waals surface area (Å²) in [5, 5.41) is 10.3. The molecule has 5 nitrogen and oxygen atoms in total. The summed E-state index contributed by atoms with van der Waals surface area (Å²) in [4.78, 5) is 12.0. The lowest BCUT2D eigenvalue weighted by atomic mass is 10.00. The predicted octanol–water partition coefficient (Wildman–Crippen LogP) is 1.51. The molecule has 1 saturated heterocycles. The van der Waals surface area contributed by atoms with Crippen LogP contribution < -0.4 is 10.6 Å². The Kier molecular flexibility index (Phi) is 5.82. The number of carbonyl (C=O) groups excluding carboxylic acids is 1. The van der Waals surface area contributed by atoms with Gasteiger partial charge >= 0.3 is 0 Å². The fourth-order valence-electron chi connectivity index (χ4n) is 2.46. The highest BCUT2D eigenvalue weighted by atomic mass is 35.5. The van der Waals surface area contributed by atoms with E-state index in [0.29, 0.717) is 12.5 Å². The van der Waals surface area contributed by atoms with Crippen LogP contribution in [0.1, 0.15) is 36.8 Å². The second-order valence-electron chi connectivity index (χ2n) is 5.12. The van der Waals surface area contributed by atoms with Crippen LogP contribution in [0, 0.1) is 13.8 Å². The van der Waals surface area contributed by atoms with E-state index < -0.39 is 0 Å². The van der Waals surface area contributed by atoms with E-state index in [1.807, 2.05) is 13.8 Å². The highest BCUT2D eigenvalue weighted by Gasteiger charge is 2.21. The van der Waals surface area contributed by atoms with Crippen molar-refractivity contribution in [2.75, 3.05) is 6.54 Å². The van der Waals surface area contributed by atoms with E-state index in [9.17, 15) is 4.79 Å². The fourth-order valence-corrected chi connectivity index (χ4v) is 2.46. The number of hydrogen-bond donors (Lipinski definition) is 2. The predicted molar refractivity (Wildman–Crippen MR) is 75.6 cm³/mol. The summed E-state index contributed by atoms with van der Waals surface area (Å²) in [6, 6.07) is 0.761. The van der Waals surface area contributed by atoms with Gasteiger partial charge in [0.05, 0.1) is 12.1 Å². The van der Waals surface area contributed by atoms with Crippen LogP contribution in [0.5, 0.6) is 0 Å². The Hall–Kier alpha value is -1.07. The standard InChI is InChI=1S/C13H21N3O2.ClH/c1-8-6-11(4-5-14-8)15-13(17)7-12-9(2)16-18-10(12)3;/h8,11,14H,4-7H2,1-3H3,(H,15,17);1H.